The Balaban J connectivity index is 2.28. The van der Waals surface area contributed by atoms with Crippen molar-refractivity contribution < 1.29 is 23.1 Å². The molecule has 2 aromatic rings. The molecule has 2 rings (SSSR count). The lowest BCUT2D eigenvalue weighted by molar-refractivity contribution is -0.141. The maximum Gasteiger partial charge on any atom is 0.322 e. The molecule has 25 heavy (non-hydrogen) atoms. The van der Waals surface area contributed by atoms with Gasteiger partial charge in [-0.25, -0.2) is 8.42 Å². The Hall–Kier alpha value is -2.38. The Morgan fingerprint density at radius 2 is 1.68 bits per heavy atom. The quantitative estimate of drug-likeness (QED) is 0.816. The summed E-state index contributed by atoms with van der Waals surface area (Å²) in [6, 6.07) is 12.0. The standard InChI is InChI=1S/C18H21NO5S/c1-13-4-10-16(11-5-13)25(22,23)19(2)17(18(20)21)12-14-6-8-15(24-3)9-7-14/h4-11,17H,12H2,1-3H3,(H,20,21)/t17-/m1/s1. The second kappa shape index (κ2) is 7.67. The van der Waals surface area contributed by atoms with E-state index in [1.54, 1.807) is 36.4 Å². The number of carboxylic acid groups (broad SMARTS) is 1. The summed E-state index contributed by atoms with van der Waals surface area (Å²) in [6.07, 6.45) is 0.0565. The Kier molecular flexibility index (Phi) is 5.81. The van der Waals surface area contributed by atoms with E-state index in [-0.39, 0.29) is 11.3 Å². The largest absolute Gasteiger partial charge is 0.497 e. The molecular weight excluding hydrogens is 342 g/mol. The smallest absolute Gasteiger partial charge is 0.322 e. The maximum atomic E-state index is 12.7. The van der Waals surface area contributed by atoms with Crippen LogP contribution in [0.1, 0.15) is 11.1 Å². The zero-order chi connectivity index (χ0) is 18.6. The molecule has 0 amide bonds. The van der Waals surface area contributed by atoms with E-state index in [1.165, 1.54) is 26.3 Å². The molecule has 0 radical (unpaired) electrons. The van der Waals surface area contributed by atoms with Gasteiger partial charge in [-0.15, -0.1) is 0 Å². The molecule has 2 aromatic carbocycles. The Labute approximate surface area is 147 Å². The van der Waals surface area contributed by atoms with Gasteiger partial charge in [-0.05, 0) is 43.2 Å². The molecule has 0 bridgehead atoms. The van der Waals surface area contributed by atoms with E-state index >= 15 is 0 Å². The highest BCUT2D eigenvalue weighted by molar-refractivity contribution is 7.89. The van der Waals surface area contributed by atoms with E-state index in [9.17, 15) is 18.3 Å². The van der Waals surface area contributed by atoms with Crippen molar-refractivity contribution in [3.05, 3.63) is 59.7 Å². The van der Waals surface area contributed by atoms with Crippen LogP contribution in [0.5, 0.6) is 5.75 Å². The van der Waals surface area contributed by atoms with Crippen LogP contribution < -0.4 is 4.74 Å². The number of carbonyl (C=O) groups is 1. The number of benzene rings is 2. The number of methoxy groups -OCH3 is 1. The fourth-order valence-electron chi connectivity index (χ4n) is 2.40. The van der Waals surface area contributed by atoms with Gasteiger partial charge in [0.15, 0.2) is 0 Å². The molecule has 0 aliphatic carbocycles. The Morgan fingerprint density at radius 3 is 2.16 bits per heavy atom. The van der Waals surface area contributed by atoms with Crippen LogP contribution in [0, 0.1) is 6.92 Å². The maximum absolute atomic E-state index is 12.7. The summed E-state index contributed by atoms with van der Waals surface area (Å²) in [4.78, 5) is 11.7. The number of nitrogens with zero attached hydrogens (tertiary/aromatic N) is 1. The summed E-state index contributed by atoms with van der Waals surface area (Å²) in [7, 11) is -1.08. The van der Waals surface area contributed by atoms with Crippen molar-refractivity contribution in [2.45, 2.75) is 24.3 Å². The second-order valence-electron chi connectivity index (χ2n) is 5.74. The first-order chi connectivity index (χ1) is 11.8. The van der Waals surface area contributed by atoms with Crippen LogP contribution in [0.3, 0.4) is 0 Å². The van der Waals surface area contributed by atoms with Gasteiger partial charge in [-0.3, -0.25) is 4.79 Å². The average Bonchev–Trinajstić information content (AvgIpc) is 2.59. The van der Waals surface area contributed by atoms with E-state index in [2.05, 4.69) is 0 Å². The lowest BCUT2D eigenvalue weighted by Gasteiger charge is -2.24. The first kappa shape index (κ1) is 19.0. The third-order valence-electron chi connectivity index (χ3n) is 4.01. The molecule has 134 valence electrons. The van der Waals surface area contributed by atoms with Crippen molar-refractivity contribution in [1.29, 1.82) is 0 Å². The third-order valence-corrected chi connectivity index (χ3v) is 5.89. The van der Waals surface area contributed by atoms with Crippen molar-refractivity contribution in [2.75, 3.05) is 14.2 Å². The highest BCUT2D eigenvalue weighted by Gasteiger charge is 2.32. The van der Waals surface area contributed by atoms with Crippen LogP contribution in [0.4, 0.5) is 0 Å². The zero-order valence-electron chi connectivity index (χ0n) is 14.3. The van der Waals surface area contributed by atoms with Gasteiger partial charge >= 0.3 is 5.97 Å². The minimum absolute atomic E-state index is 0.0565. The zero-order valence-corrected chi connectivity index (χ0v) is 15.2. The van der Waals surface area contributed by atoms with Gasteiger partial charge in [-0.2, -0.15) is 4.31 Å². The average molecular weight is 363 g/mol. The minimum atomic E-state index is -3.91. The number of aliphatic carboxylic acids is 1. The molecule has 0 spiro atoms. The number of sulfonamides is 1. The Bertz CT molecular complexity index is 829. The van der Waals surface area contributed by atoms with Gasteiger partial charge < -0.3 is 9.84 Å². The number of likely N-dealkylation sites (N-methyl/N-ethyl adjacent to an activating group) is 1. The summed E-state index contributed by atoms with van der Waals surface area (Å²) < 4.78 is 31.4. The number of ether oxygens (including phenoxy) is 1. The van der Waals surface area contributed by atoms with Crippen LogP contribution in [-0.4, -0.2) is 44.0 Å². The predicted molar refractivity (Wildman–Crippen MR) is 94.2 cm³/mol. The normalized spacial score (nSPS) is 12.8. The molecule has 7 heteroatoms. The monoisotopic (exact) mass is 363 g/mol. The lowest BCUT2D eigenvalue weighted by atomic mass is 10.1. The number of carboxylic acids is 1. The van der Waals surface area contributed by atoms with Crippen LogP contribution in [-0.2, 0) is 21.2 Å². The molecule has 6 nitrogen and oxygen atoms in total. The predicted octanol–water partition coefficient (Wildman–Crippen LogP) is 2.32. The number of hydrogen-bond acceptors (Lipinski definition) is 4. The molecule has 0 heterocycles. The van der Waals surface area contributed by atoms with Crippen molar-refractivity contribution in [2.24, 2.45) is 0 Å². The second-order valence-corrected chi connectivity index (χ2v) is 7.74. The highest BCUT2D eigenvalue weighted by atomic mass is 32.2. The SMILES string of the molecule is COc1ccc(C[C@H](C(=O)O)N(C)S(=O)(=O)c2ccc(C)cc2)cc1. The fourth-order valence-corrected chi connectivity index (χ4v) is 3.71. The number of rotatable bonds is 7. The number of hydrogen-bond donors (Lipinski definition) is 1. The van der Waals surface area contributed by atoms with Crippen LogP contribution in [0.25, 0.3) is 0 Å². The Morgan fingerprint density at radius 1 is 1.12 bits per heavy atom. The van der Waals surface area contributed by atoms with Gasteiger partial charge in [0.1, 0.15) is 11.8 Å². The van der Waals surface area contributed by atoms with Crippen molar-refractivity contribution >= 4 is 16.0 Å². The first-order valence-corrected chi connectivity index (χ1v) is 9.10. The fraction of sp³-hybridized carbons (Fsp3) is 0.278. The van der Waals surface area contributed by atoms with Gasteiger partial charge in [-0.1, -0.05) is 29.8 Å². The molecule has 0 aromatic heterocycles. The highest BCUT2D eigenvalue weighted by Crippen LogP contribution is 2.20. The summed E-state index contributed by atoms with van der Waals surface area (Å²) in [6.45, 7) is 1.85. The topological polar surface area (TPSA) is 83.9 Å². The molecule has 1 atom stereocenters. The van der Waals surface area contributed by atoms with Crippen LogP contribution in [0.15, 0.2) is 53.4 Å². The molecule has 1 N–H and O–H groups in total. The van der Waals surface area contributed by atoms with Gasteiger partial charge in [0, 0.05) is 7.05 Å². The molecular formula is C18H21NO5S. The third kappa shape index (κ3) is 4.37. The van der Waals surface area contributed by atoms with E-state index in [0.717, 1.165) is 9.87 Å². The summed E-state index contributed by atoms with van der Waals surface area (Å²) >= 11 is 0. The van der Waals surface area contributed by atoms with E-state index in [1.807, 2.05) is 6.92 Å². The number of aryl methyl sites for hydroxylation is 1. The molecule has 0 saturated heterocycles. The van der Waals surface area contributed by atoms with Crippen LogP contribution >= 0.6 is 0 Å². The van der Waals surface area contributed by atoms with E-state index in [4.69, 9.17) is 4.74 Å². The van der Waals surface area contributed by atoms with E-state index < -0.39 is 22.0 Å². The molecule has 0 aliphatic heterocycles. The summed E-state index contributed by atoms with van der Waals surface area (Å²) in [5, 5.41) is 9.53. The first-order valence-electron chi connectivity index (χ1n) is 7.66. The van der Waals surface area contributed by atoms with Crippen molar-refractivity contribution in [3.8, 4) is 5.75 Å². The van der Waals surface area contributed by atoms with E-state index in [0.29, 0.717) is 11.3 Å². The van der Waals surface area contributed by atoms with Crippen molar-refractivity contribution in [1.82, 2.24) is 4.31 Å². The van der Waals surface area contributed by atoms with Crippen molar-refractivity contribution in [3.63, 3.8) is 0 Å². The lowest BCUT2D eigenvalue weighted by Crippen LogP contribution is -2.43. The summed E-state index contributed by atoms with van der Waals surface area (Å²) in [5.74, 6) is -0.551. The van der Waals surface area contributed by atoms with Gasteiger partial charge in [0.2, 0.25) is 10.0 Å². The van der Waals surface area contributed by atoms with Gasteiger partial charge in [0.25, 0.3) is 0 Å². The summed E-state index contributed by atoms with van der Waals surface area (Å²) in [5.41, 5.74) is 1.63. The molecule has 0 unspecified atom stereocenters. The van der Waals surface area contributed by atoms with Crippen LogP contribution in [0.2, 0.25) is 0 Å². The molecule has 0 fully saturated rings. The molecule has 0 saturated carbocycles. The molecule has 0 aliphatic rings. The minimum Gasteiger partial charge on any atom is -0.497 e. The van der Waals surface area contributed by atoms with Gasteiger partial charge in [0.05, 0.1) is 12.0 Å².